The molecule has 0 aromatic carbocycles. The van der Waals surface area contributed by atoms with E-state index < -0.39 is 0 Å². The van der Waals surface area contributed by atoms with Gasteiger partial charge in [0.2, 0.25) is 5.91 Å². The lowest BCUT2D eigenvalue weighted by Crippen LogP contribution is -2.61. The number of imidazole rings is 1. The summed E-state index contributed by atoms with van der Waals surface area (Å²) in [4.78, 5) is 29.8. The van der Waals surface area contributed by atoms with Crippen molar-refractivity contribution >= 4 is 22.8 Å². The minimum atomic E-state index is -0.196. The van der Waals surface area contributed by atoms with Gasteiger partial charge in [0.25, 0.3) is 0 Å². The third-order valence-electron chi connectivity index (χ3n) is 8.48. The summed E-state index contributed by atoms with van der Waals surface area (Å²) in [6.45, 7) is 6.00. The molecule has 5 aliphatic rings. The number of pyridine rings is 1. The predicted octanol–water partition coefficient (Wildman–Crippen LogP) is 2.30. The van der Waals surface area contributed by atoms with Crippen molar-refractivity contribution in [2.75, 3.05) is 25.0 Å². The van der Waals surface area contributed by atoms with Gasteiger partial charge in [-0.3, -0.25) is 14.8 Å². The van der Waals surface area contributed by atoms with E-state index in [0.717, 1.165) is 61.0 Å². The SMILES string of the molecule is CC(C(=O)N(C)c1cnc2[nH]c(-c3n[nH]c4c3C[C@@H]3C[C@]3(C)C4)nc2c1)N1CC2CC(C1)O2. The van der Waals surface area contributed by atoms with Crippen molar-refractivity contribution < 1.29 is 9.53 Å². The summed E-state index contributed by atoms with van der Waals surface area (Å²) < 4.78 is 5.71. The molecule has 2 N–H and O–H groups in total. The van der Waals surface area contributed by atoms with Gasteiger partial charge in [-0.15, -0.1) is 0 Å². The predicted molar refractivity (Wildman–Crippen MR) is 123 cm³/mol. The van der Waals surface area contributed by atoms with E-state index in [4.69, 9.17) is 9.72 Å². The van der Waals surface area contributed by atoms with E-state index in [2.05, 4.69) is 32.0 Å². The number of morpholine rings is 1. The average molecular weight is 448 g/mol. The number of amides is 1. The second-order valence-corrected chi connectivity index (χ2v) is 10.8. The zero-order chi connectivity index (χ0) is 22.5. The first-order valence-electron chi connectivity index (χ1n) is 12.0. The molecule has 3 unspecified atom stereocenters. The smallest absolute Gasteiger partial charge is 0.243 e. The molecule has 0 radical (unpaired) electrons. The maximum Gasteiger partial charge on any atom is 0.243 e. The number of rotatable bonds is 4. The van der Waals surface area contributed by atoms with Crippen LogP contribution in [0.2, 0.25) is 0 Å². The van der Waals surface area contributed by atoms with Gasteiger partial charge in [-0.2, -0.15) is 5.10 Å². The fourth-order valence-corrected chi connectivity index (χ4v) is 6.10. The molecule has 33 heavy (non-hydrogen) atoms. The van der Waals surface area contributed by atoms with Gasteiger partial charge in [-0.25, -0.2) is 9.97 Å². The van der Waals surface area contributed by atoms with Crippen LogP contribution in [0.1, 0.15) is 37.9 Å². The summed E-state index contributed by atoms with van der Waals surface area (Å²) in [5, 5.41) is 7.84. The Morgan fingerprint density at radius 3 is 2.94 bits per heavy atom. The quantitative estimate of drug-likeness (QED) is 0.636. The monoisotopic (exact) mass is 447 g/mol. The Morgan fingerprint density at radius 2 is 2.15 bits per heavy atom. The first-order chi connectivity index (χ1) is 15.9. The maximum atomic E-state index is 13.2. The number of hydrogen-bond acceptors (Lipinski definition) is 6. The van der Waals surface area contributed by atoms with E-state index in [9.17, 15) is 4.79 Å². The lowest BCUT2D eigenvalue weighted by molar-refractivity contribution is -0.187. The van der Waals surface area contributed by atoms with Crippen LogP contribution < -0.4 is 4.90 Å². The topological polar surface area (TPSA) is 103 Å². The van der Waals surface area contributed by atoms with Gasteiger partial charge in [-0.05, 0) is 43.6 Å². The molecule has 3 aliphatic heterocycles. The molecule has 2 bridgehead atoms. The van der Waals surface area contributed by atoms with Crippen molar-refractivity contribution in [2.45, 2.75) is 57.8 Å². The minimum absolute atomic E-state index is 0.0575. The minimum Gasteiger partial charge on any atom is -0.372 e. The van der Waals surface area contributed by atoms with Gasteiger partial charge < -0.3 is 14.6 Å². The lowest BCUT2D eigenvalue weighted by Gasteiger charge is -2.48. The first-order valence-corrected chi connectivity index (χ1v) is 12.0. The largest absolute Gasteiger partial charge is 0.372 e. The molecule has 4 fully saturated rings. The Hall–Kier alpha value is -2.78. The highest BCUT2D eigenvalue weighted by atomic mass is 16.5. The second kappa shape index (κ2) is 6.64. The number of likely N-dealkylation sites (N-methyl/N-ethyl adjacent to an activating group) is 1. The fraction of sp³-hybridized carbons (Fsp3) is 0.583. The van der Waals surface area contributed by atoms with Gasteiger partial charge in [0, 0.05) is 37.8 Å². The van der Waals surface area contributed by atoms with Crippen molar-refractivity contribution in [2.24, 2.45) is 11.3 Å². The third kappa shape index (κ3) is 2.98. The number of carbonyl (C=O) groups excluding carboxylic acids is 1. The number of aromatic nitrogens is 5. The molecular formula is C24H29N7O2. The molecule has 0 spiro atoms. The molecule has 9 heteroatoms. The van der Waals surface area contributed by atoms with Crippen molar-refractivity contribution in [1.82, 2.24) is 30.0 Å². The maximum absolute atomic E-state index is 13.2. The number of nitrogens with one attached hydrogen (secondary N) is 2. The molecule has 3 aromatic heterocycles. The van der Waals surface area contributed by atoms with Crippen LogP contribution in [0.4, 0.5) is 5.69 Å². The lowest BCUT2D eigenvalue weighted by atomic mass is 9.88. The van der Waals surface area contributed by atoms with Crippen molar-refractivity contribution in [1.29, 1.82) is 0 Å². The third-order valence-corrected chi connectivity index (χ3v) is 8.48. The fourth-order valence-electron chi connectivity index (χ4n) is 6.10. The van der Waals surface area contributed by atoms with Gasteiger partial charge in [-0.1, -0.05) is 6.92 Å². The van der Waals surface area contributed by atoms with Crippen molar-refractivity contribution in [3.8, 4) is 11.5 Å². The first kappa shape index (κ1) is 19.7. The van der Waals surface area contributed by atoms with E-state index >= 15 is 0 Å². The van der Waals surface area contributed by atoms with Crippen LogP contribution >= 0.6 is 0 Å². The molecule has 6 heterocycles. The molecular weight excluding hydrogens is 418 g/mol. The number of H-pyrrole nitrogens is 2. The standard InChI is InChI=1S/C24H29N7O2/c1-12(31-10-15-6-16(11-31)33-15)23(32)30(3)14-5-18-21(25-9-14)27-22(26-18)20-17-4-13-7-24(13,2)8-19(17)28-29-20/h5,9,12-13,15-16H,4,6-8,10-11H2,1-3H3,(H,28,29)(H,25,26,27)/t12?,13-,15?,16?,24-/m1/s1. The van der Waals surface area contributed by atoms with Crippen LogP contribution in [0.5, 0.6) is 0 Å². The molecule has 5 atom stereocenters. The Labute approximate surface area is 191 Å². The number of aromatic amines is 2. The summed E-state index contributed by atoms with van der Waals surface area (Å²) in [7, 11) is 1.81. The average Bonchev–Trinajstić information content (AvgIpc) is 3.09. The number of piperidine rings is 1. The van der Waals surface area contributed by atoms with E-state index in [1.165, 1.54) is 17.7 Å². The van der Waals surface area contributed by atoms with Gasteiger partial charge in [0.05, 0.1) is 30.1 Å². The highest BCUT2D eigenvalue weighted by Gasteiger charge is 2.53. The van der Waals surface area contributed by atoms with E-state index in [1.807, 2.05) is 20.0 Å². The molecule has 1 saturated carbocycles. The number of carbonyl (C=O) groups is 1. The van der Waals surface area contributed by atoms with E-state index in [-0.39, 0.29) is 24.2 Å². The number of nitrogens with zero attached hydrogens (tertiary/aromatic N) is 5. The summed E-state index contributed by atoms with van der Waals surface area (Å²) in [6.07, 6.45) is 6.85. The van der Waals surface area contributed by atoms with Crippen LogP contribution in [0.15, 0.2) is 12.3 Å². The number of hydrogen-bond donors (Lipinski definition) is 2. The molecule has 9 nitrogen and oxygen atoms in total. The van der Waals surface area contributed by atoms with Crippen LogP contribution in [0, 0.1) is 11.3 Å². The van der Waals surface area contributed by atoms with E-state index in [0.29, 0.717) is 11.1 Å². The Balaban J connectivity index is 1.14. The summed E-state index contributed by atoms with van der Waals surface area (Å²) in [5.74, 6) is 1.56. The van der Waals surface area contributed by atoms with Crippen LogP contribution in [0.25, 0.3) is 22.7 Å². The molecule has 3 aromatic rings. The zero-order valence-electron chi connectivity index (χ0n) is 19.3. The molecule has 172 valence electrons. The Kier molecular flexibility index (Phi) is 3.95. The summed E-state index contributed by atoms with van der Waals surface area (Å²) in [6, 6.07) is 1.74. The highest BCUT2D eigenvalue weighted by molar-refractivity contribution is 5.97. The molecule has 1 amide bonds. The van der Waals surface area contributed by atoms with Crippen LogP contribution in [-0.2, 0) is 22.4 Å². The molecule has 3 saturated heterocycles. The number of ether oxygens (including phenoxy) is 1. The zero-order valence-corrected chi connectivity index (χ0v) is 19.3. The summed E-state index contributed by atoms with van der Waals surface area (Å²) >= 11 is 0. The second-order valence-electron chi connectivity index (χ2n) is 10.8. The van der Waals surface area contributed by atoms with Crippen LogP contribution in [-0.4, -0.2) is 74.3 Å². The number of anilines is 1. The normalized spacial score (nSPS) is 30.9. The van der Waals surface area contributed by atoms with Crippen molar-refractivity contribution in [3.05, 3.63) is 23.5 Å². The molecule has 2 aliphatic carbocycles. The van der Waals surface area contributed by atoms with Gasteiger partial charge >= 0.3 is 0 Å². The van der Waals surface area contributed by atoms with Crippen molar-refractivity contribution in [3.63, 3.8) is 0 Å². The highest BCUT2D eigenvalue weighted by Crippen LogP contribution is 2.59. The van der Waals surface area contributed by atoms with Gasteiger partial charge in [0.15, 0.2) is 11.5 Å². The number of fused-ring (bicyclic) bond motifs is 5. The summed E-state index contributed by atoms with van der Waals surface area (Å²) in [5.41, 5.74) is 6.09. The Bertz CT molecular complexity index is 1270. The van der Waals surface area contributed by atoms with E-state index in [1.54, 1.807) is 11.1 Å². The van der Waals surface area contributed by atoms with Gasteiger partial charge in [0.1, 0.15) is 11.2 Å². The Morgan fingerprint density at radius 1 is 1.36 bits per heavy atom. The molecule has 8 rings (SSSR count). The van der Waals surface area contributed by atoms with Crippen LogP contribution in [0.3, 0.4) is 0 Å².